The summed E-state index contributed by atoms with van der Waals surface area (Å²) in [5, 5.41) is 12.2. The average Bonchev–Trinajstić information content (AvgIpc) is 3.65. The molecule has 2 amide bonds. The molecule has 0 aliphatic carbocycles. The van der Waals surface area contributed by atoms with Crippen LogP contribution in [-0.2, 0) is 41.0 Å². The predicted octanol–water partition coefficient (Wildman–Crippen LogP) is 5.20. The lowest BCUT2D eigenvalue weighted by Crippen LogP contribution is -2.35. The van der Waals surface area contributed by atoms with Crippen molar-refractivity contribution in [2.24, 2.45) is 0 Å². The van der Waals surface area contributed by atoms with Gasteiger partial charge in [-0.15, -0.1) is 5.06 Å². The summed E-state index contributed by atoms with van der Waals surface area (Å²) in [5.41, 5.74) is 8.43. The molecule has 0 unspecified atom stereocenters. The van der Waals surface area contributed by atoms with Gasteiger partial charge in [0.2, 0.25) is 5.91 Å². The van der Waals surface area contributed by atoms with Crippen LogP contribution in [-0.4, -0.2) is 43.8 Å². The molecule has 0 bridgehead atoms. The summed E-state index contributed by atoms with van der Waals surface area (Å²) < 4.78 is 0. The maximum Gasteiger partial charge on any atom is 0.430 e. The number of carbonyl (C=O) groups is 2. The summed E-state index contributed by atoms with van der Waals surface area (Å²) in [6, 6.07) is 10.1. The zero-order valence-corrected chi connectivity index (χ0v) is 22.9. The number of hydrogen-bond acceptors (Lipinski definition) is 6. The third kappa shape index (κ3) is 3.97. The van der Waals surface area contributed by atoms with Crippen LogP contribution in [0.2, 0.25) is 0 Å². The maximum atomic E-state index is 12.9. The van der Waals surface area contributed by atoms with Gasteiger partial charge in [0.1, 0.15) is 5.69 Å². The molecule has 10 nitrogen and oxygen atoms in total. The van der Waals surface area contributed by atoms with Gasteiger partial charge in [0.25, 0.3) is 0 Å². The van der Waals surface area contributed by atoms with Crippen LogP contribution in [0.4, 0.5) is 16.2 Å². The van der Waals surface area contributed by atoms with Crippen LogP contribution < -0.4 is 10.2 Å². The predicted molar refractivity (Wildman–Crippen MR) is 149 cm³/mol. The Labute approximate surface area is 226 Å². The van der Waals surface area contributed by atoms with Crippen LogP contribution in [0.15, 0.2) is 30.3 Å². The summed E-state index contributed by atoms with van der Waals surface area (Å²) in [4.78, 5) is 41.5. The van der Waals surface area contributed by atoms with E-state index in [0.717, 1.165) is 63.2 Å². The molecule has 2 aromatic heterocycles. The Hall–Kier alpha value is -4.18. The van der Waals surface area contributed by atoms with Gasteiger partial charge in [0, 0.05) is 12.1 Å². The van der Waals surface area contributed by atoms with Gasteiger partial charge in [-0.05, 0) is 62.4 Å². The monoisotopic (exact) mass is 527 g/mol. The van der Waals surface area contributed by atoms with Crippen molar-refractivity contribution >= 4 is 34.4 Å². The molecule has 4 heterocycles. The first-order valence-electron chi connectivity index (χ1n) is 13.5. The topological polar surface area (TPSA) is 119 Å². The van der Waals surface area contributed by atoms with Crippen molar-refractivity contribution in [3.63, 3.8) is 0 Å². The van der Waals surface area contributed by atoms with Crippen molar-refractivity contribution in [2.75, 3.05) is 16.8 Å². The lowest BCUT2D eigenvalue weighted by molar-refractivity contribution is -0.122. The molecule has 2 aromatic carbocycles. The van der Waals surface area contributed by atoms with Crippen molar-refractivity contribution in [3.05, 3.63) is 58.3 Å². The number of nitrogens with zero attached hydrogens (tertiary/aromatic N) is 4. The number of benzene rings is 2. The fourth-order valence-electron chi connectivity index (χ4n) is 5.77. The standard InChI is InChI=1S/C29H33N7O3/c1-6-16-10-9-11-17(7-2)24(16)32-28(38)39-35-14-18-22(15-35)33-34-25(18)26-30-20-12-19-23(13-21(20)31-26)36(8-3)27(37)29(19,4)5/h9-13H,6-8,14-15H2,1-5H3,(H,30,31)(H,32,38)(H,33,34). The maximum absolute atomic E-state index is 12.9. The zero-order chi connectivity index (χ0) is 27.5. The minimum absolute atomic E-state index is 0.103. The average molecular weight is 528 g/mol. The number of carbonyl (C=O) groups excluding carboxylic acids is 2. The van der Waals surface area contributed by atoms with E-state index in [2.05, 4.69) is 34.3 Å². The summed E-state index contributed by atoms with van der Waals surface area (Å²) in [5.74, 6) is 0.736. The number of amides is 2. The van der Waals surface area contributed by atoms with Crippen molar-refractivity contribution in [2.45, 2.75) is 66.0 Å². The van der Waals surface area contributed by atoms with Gasteiger partial charge in [-0.2, -0.15) is 5.10 Å². The number of nitrogens with one attached hydrogen (secondary N) is 3. The van der Waals surface area contributed by atoms with E-state index in [1.807, 2.05) is 56.0 Å². The Morgan fingerprint density at radius 2 is 1.87 bits per heavy atom. The van der Waals surface area contributed by atoms with Gasteiger partial charge in [0.15, 0.2) is 5.82 Å². The van der Waals surface area contributed by atoms with Gasteiger partial charge in [0.05, 0.1) is 46.6 Å². The van der Waals surface area contributed by atoms with Crippen molar-refractivity contribution in [3.8, 4) is 11.5 Å². The Bertz CT molecular complexity index is 1590. The van der Waals surface area contributed by atoms with Crippen LogP contribution in [0, 0.1) is 0 Å². The molecule has 3 N–H and O–H groups in total. The molecule has 0 spiro atoms. The quantitative estimate of drug-likeness (QED) is 0.317. The van der Waals surface area contributed by atoms with E-state index in [1.165, 1.54) is 0 Å². The molecule has 39 heavy (non-hydrogen) atoms. The van der Waals surface area contributed by atoms with E-state index in [9.17, 15) is 9.59 Å². The van der Waals surface area contributed by atoms with Gasteiger partial charge >= 0.3 is 6.09 Å². The lowest BCUT2D eigenvalue weighted by atomic mass is 9.86. The molecule has 0 radical (unpaired) electrons. The number of aryl methyl sites for hydroxylation is 2. The first-order valence-corrected chi connectivity index (χ1v) is 13.5. The largest absolute Gasteiger partial charge is 0.430 e. The lowest BCUT2D eigenvalue weighted by Gasteiger charge is -2.18. The van der Waals surface area contributed by atoms with E-state index in [-0.39, 0.29) is 5.91 Å². The van der Waals surface area contributed by atoms with Crippen LogP contribution in [0.25, 0.3) is 22.6 Å². The first-order chi connectivity index (χ1) is 18.7. The molecule has 0 fully saturated rings. The molecule has 0 atom stereocenters. The summed E-state index contributed by atoms with van der Waals surface area (Å²) in [7, 11) is 0. The fraction of sp³-hybridized carbons (Fsp3) is 0.379. The van der Waals surface area contributed by atoms with E-state index >= 15 is 0 Å². The number of anilines is 2. The molecule has 2 aliphatic heterocycles. The molecule has 2 aliphatic rings. The second-order valence-corrected chi connectivity index (χ2v) is 10.6. The number of hydrogen-bond donors (Lipinski definition) is 3. The third-order valence-electron chi connectivity index (χ3n) is 7.94. The summed E-state index contributed by atoms with van der Waals surface area (Å²) >= 11 is 0. The van der Waals surface area contributed by atoms with Crippen LogP contribution in [0.3, 0.4) is 0 Å². The second kappa shape index (κ2) is 9.23. The zero-order valence-electron chi connectivity index (χ0n) is 22.9. The SMILES string of the molecule is CCc1cccc(CC)c1NC(=O)ON1Cc2[nH]nc(-c3nc4cc5c(cc4[nH]3)N(CC)C(=O)C5(C)C)c2C1. The number of aromatic amines is 2. The Morgan fingerprint density at radius 3 is 2.56 bits per heavy atom. The number of likely N-dealkylation sites (N-methyl/N-ethyl adjacent to an activating group) is 1. The van der Waals surface area contributed by atoms with Crippen LogP contribution in [0.5, 0.6) is 0 Å². The summed E-state index contributed by atoms with van der Waals surface area (Å²) in [6.07, 6.45) is 1.12. The molecule has 202 valence electrons. The highest BCUT2D eigenvalue weighted by molar-refractivity contribution is 6.09. The molecule has 6 rings (SSSR count). The van der Waals surface area contributed by atoms with Gasteiger partial charge in [-0.25, -0.2) is 9.78 Å². The van der Waals surface area contributed by atoms with Crippen molar-refractivity contribution < 1.29 is 14.4 Å². The highest BCUT2D eigenvalue weighted by Crippen LogP contribution is 2.43. The Kier molecular flexibility index (Phi) is 5.95. The molecule has 0 saturated heterocycles. The molecule has 10 heteroatoms. The Morgan fingerprint density at radius 1 is 1.13 bits per heavy atom. The number of para-hydroxylation sites is 1. The highest BCUT2D eigenvalue weighted by atomic mass is 16.7. The number of aromatic nitrogens is 4. The minimum Gasteiger partial charge on any atom is -0.350 e. The normalized spacial score (nSPS) is 16.1. The Balaban J connectivity index is 1.22. The number of imidazole rings is 1. The van der Waals surface area contributed by atoms with Crippen LogP contribution >= 0.6 is 0 Å². The minimum atomic E-state index is -0.597. The molecular formula is C29H33N7O3. The van der Waals surface area contributed by atoms with E-state index < -0.39 is 11.5 Å². The van der Waals surface area contributed by atoms with E-state index in [0.29, 0.717) is 31.2 Å². The molecule has 0 saturated carbocycles. The third-order valence-corrected chi connectivity index (χ3v) is 7.94. The summed E-state index contributed by atoms with van der Waals surface area (Å²) in [6.45, 7) is 11.4. The number of H-pyrrole nitrogens is 2. The van der Waals surface area contributed by atoms with Gasteiger partial charge in [-0.1, -0.05) is 32.0 Å². The molecule has 4 aromatic rings. The number of rotatable bonds is 6. The van der Waals surface area contributed by atoms with Crippen molar-refractivity contribution in [1.82, 2.24) is 25.2 Å². The highest BCUT2D eigenvalue weighted by Gasteiger charge is 2.43. The van der Waals surface area contributed by atoms with Crippen molar-refractivity contribution in [1.29, 1.82) is 0 Å². The van der Waals surface area contributed by atoms with Gasteiger partial charge in [-0.3, -0.25) is 15.2 Å². The van der Waals surface area contributed by atoms with E-state index in [1.54, 1.807) is 5.06 Å². The smallest absolute Gasteiger partial charge is 0.350 e. The number of hydroxylamine groups is 2. The number of fused-ring (bicyclic) bond motifs is 3. The van der Waals surface area contributed by atoms with Crippen LogP contribution in [0.1, 0.15) is 62.6 Å². The fourth-order valence-corrected chi connectivity index (χ4v) is 5.77. The second-order valence-electron chi connectivity index (χ2n) is 10.6. The first kappa shape index (κ1) is 25.1. The van der Waals surface area contributed by atoms with Gasteiger partial charge < -0.3 is 14.7 Å². The van der Waals surface area contributed by atoms with E-state index in [4.69, 9.17) is 9.82 Å². The molecular weight excluding hydrogens is 494 g/mol.